The van der Waals surface area contributed by atoms with Gasteiger partial charge in [-0.1, -0.05) is 47.6 Å². The molecule has 2 aromatic carbocycles. The third-order valence-electron chi connectivity index (χ3n) is 3.93. The average Bonchev–Trinajstić information content (AvgIpc) is 3.06. The Kier molecular flexibility index (Phi) is 7.29. The molecule has 2 amide bonds. The normalized spacial score (nSPS) is 10.6. The Labute approximate surface area is 185 Å². The van der Waals surface area contributed by atoms with Crippen LogP contribution in [0, 0.1) is 0 Å². The zero-order valence-corrected chi connectivity index (χ0v) is 18.5. The first-order valence-corrected chi connectivity index (χ1v) is 10.7. The lowest BCUT2D eigenvalue weighted by molar-refractivity contribution is -0.113. The van der Waals surface area contributed by atoms with Crippen LogP contribution < -0.4 is 10.6 Å². The number of anilines is 1. The van der Waals surface area contributed by atoms with Crippen LogP contribution in [0.5, 0.6) is 0 Å². The summed E-state index contributed by atoms with van der Waals surface area (Å²) in [5.74, 6) is 0.323. The van der Waals surface area contributed by atoms with E-state index in [4.69, 9.17) is 11.6 Å². The summed E-state index contributed by atoms with van der Waals surface area (Å²) in [6, 6.07) is 14.2. The Morgan fingerprint density at radius 3 is 2.62 bits per heavy atom. The highest BCUT2D eigenvalue weighted by atomic mass is 79.9. The van der Waals surface area contributed by atoms with Gasteiger partial charge in [-0.2, -0.15) is 0 Å². The van der Waals surface area contributed by atoms with Gasteiger partial charge in [-0.25, -0.2) is 0 Å². The van der Waals surface area contributed by atoms with Crippen LogP contribution in [-0.2, 0) is 18.4 Å². The maximum Gasteiger partial charge on any atom is 0.252 e. The first-order chi connectivity index (χ1) is 14.0. The monoisotopic (exact) mass is 493 g/mol. The van der Waals surface area contributed by atoms with E-state index in [1.54, 1.807) is 54.1 Å². The molecule has 1 aromatic heterocycles. The molecular formula is C19H17BrClN5O2S. The van der Waals surface area contributed by atoms with Crippen molar-refractivity contribution >= 4 is 56.8 Å². The number of carbonyl (C=O) groups is 2. The standard InChI is InChI=1S/C19H17BrClN5O2S/c1-26-16(10-22-18(28)12-6-2-3-7-13(12)20)24-25-19(26)29-11-17(27)23-15-9-5-4-8-14(15)21/h2-9H,10-11H2,1H3,(H,22,28)(H,23,27). The molecule has 3 aromatic rings. The van der Waals surface area contributed by atoms with Gasteiger partial charge >= 0.3 is 0 Å². The third-order valence-corrected chi connectivity index (χ3v) is 5.97. The molecule has 0 aliphatic carbocycles. The van der Waals surface area contributed by atoms with Crippen molar-refractivity contribution < 1.29 is 9.59 Å². The molecule has 7 nitrogen and oxygen atoms in total. The number of hydrogen-bond donors (Lipinski definition) is 2. The maximum atomic E-state index is 12.3. The van der Waals surface area contributed by atoms with E-state index in [0.29, 0.717) is 27.3 Å². The van der Waals surface area contributed by atoms with Gasteiger partial charge in [-0.3, -0.25) is 9.59 Å². The molecule has 29 heavy (non-hydrogen) atoms. The Hall–Kier alpha value is -2.36. The number of amides is 2. The van der Waals surface area contributed by atoms with Gasteiger partial charge in [0.1, 0.15) is 0 Å². The Morgan fingerprint density at radius 1 is 1.14 bits per heavy atom. The highest BCUT2D eigenvalue weighted by Gasteiger charge is 2.14. The molecule has 0 saturated heterocycles. The van der Waals surface area contributed by atoms with Crippen LogP contribution in [0.4, 0.5) is 5.69 Å². The van der Waals surface area contributed by atoms with Gasteiger partial charge < -0.3 is 15.2 Å². The Morgan fingerprint density at radius 2 is 1.86 bits per heavy atom. The summed E-state index contributed by atoms with van der Waals surface area (Å²) in [6.45, 7) is 0.218. The predicted octanol–water partition coefficient (Wildman–Crippen LogP) is 3.89. The van der Waals surface area contributed by atoms with E-state index in [1.165, 1.54) is 11.8 Å². The van der Waals surface area contributed by atoms with Crippen molar-refractivity contribution in [1.82, 2.24) is 20.1 Å². The fourth-order valence-corrected chi connectivity index (χ4v) is 3.78. The average molecular weight is 495 g/mol. The number of rotatable bonds is 7. The van der Waals surface area contributed by atoms with Crippen LogP contribution in [0.25, 0.3) is 0 Å². The van der Waals surface area contributed by atoms with Crippen molar-refractivity contribution in [2.75, 3.05) is 11.1 Å². The minimum absolute atomic E-state index is 0.153. The summed E-state index contributed by atoms with van der Waals surface area (Å²) < 4.78 is 2.46. The van der Waals surface area contributed by atoms with Gasteiger partial charge in [0.2, 0.25) is 5.91 Å². The smallest absolute Gasteiger partial charge is 0.252 e. The van der Waals surface area contributed by atoms with Crippen molar-refractivity contribution in [3.8, 4) is 0 Å². The summed E-state index contributed by atoms with van der Waals surface area (Å²) >= 11 is 10.7. The number of aromatic nitrogens is 3. The molecule has 10 heteroatoms. The van der Waals surface area contributed by atoms with Gasteiger partial charge in [0.15, 0.2) is 11.0 Å². The number of thioether (sulfide) groups is 1. The predicted molar refractivity (Wildman–Crippen MR) is 117 cm³/mol. The molecule has 0 saturated carbocycles. The molecule has 0 fully saturated rings. The lowest BCUT2D eigenvalue weighted by Gasteiger charge is -2.08. The topological polar surface area (TPSA) is 88.9 Å². The molecule has 0 spiro atoms. The van der Waals surface area contributed by atoms with Crippen LogP contribution in [0.2, 0.25) is 5.02 Å². The van der Waals surface area contributed by atoms with Crippen molar-refractivity contribution in [1.29, 1.82) is 0 Å². The zero-order valence-electron chi connectivity index (χ0n) is 15.4. The molecule has 0 bridgehead atoms. The molecule has 0 aliphatic heterocycles. The van der Waals surface area contributed by atoms with Crippen LogP contribution in [0.15, 0.2) is 58.2 Å². The quantitative estimate of drug-likeness (QED) is 0.487. The number of carbonyl (C=O) groups excluding carboxylic acids is 2. The first kappa shape index (κ1) is 21.4. The molecule has 0 radical (unpaired) electrons. The third kappa shape index (κ3) is 5.59. The minimum Gasteiger partial charge on any atom is -0.345 e. The number of nitrogens with one attached hydrogen (secondary N) is 2. The number of para-hydroxylation sites is 1. The lowest BCUT2D eigenvalue weighted by Crippen LogP contribution is -2.24. The molecule has 0 atom stereocenters. The van der Waals surface area contributed by atoms with Crippen LogP contribution in [0.3, 0.4) is 0 Å². The van der Waals surface area contributed by atoms with Crippen LogP contribution in [-0.4, -0.2) is 32.3 Å². The minimum atomic E-state index is -0.214. The number of benzene rings is 2. The van der Waals surface area contributed by atoms with Gasteiger partial charge in [-0.05, 0) is 40.2 Å². The van der Waals surface area contributed by atoms with E-state index >= 15 is 0 Å². The SMILES string of the molecule is Cn1c(CNC(=O)c2ccccc2Br)nnc1SCC(=O)Nc1ccccc1Cl. The summed E-state index contributed by atoms with van der Waals surface area (Å²) in [5.41, 5.74) is 1.11. The lowest BCUT2D eigenvalue weighted by atomic mass is 10.2. The molecule has 2 N–H and O–H groups in total. The van der Waals surface area contributed by atoms with E-state index in [-0.39, 0.29) is 24.1 Å². The summed E-state index contributed by atoms with van der Waals surface area (Å²) in [7, 11) is 1.79. The fourth-order valence-electron chi connectivity index (χ4n) is 2.40. The number of nitrogens with zero attached hydrogens (tertiary/aromatic N) is 3. The zero-order chi connectivity index (χ0) is 20.8. The first-order valence-electron chi connectivity index (χ1n) is 8.54. The second kappa shape index (κ2) is 9.91. The highest BCUT2D eigenvalue weighted by molar-refractivity contribution is 9.10. The molecule has 0 unspecified atom stereocenters. The van der Waals surface area contributed by atoms with Crippen LogP contribution in [0.1, 0.15) is 16.2 Å². The van der Waals surface area contributed by atoms with Gasteiger partial charge in [0.25, 0.3) is 5.91 Å². The largest absolute Gasteiger partial charge is 0.345 e. The van der Waals surface area contributed by atoms with E-state index in [2.05, 4.69) is 36.8 Å². The molecule has 3 rings (SSSR count). The second-order valence-electron chi connectivity index (χ2n) is 5.94. The van der Waals surface area contributed by atoms with Crippen molar-refractivity contribution in [3.05, 3.63) is 69.4 Å². The molecular weight excluding hydrogens is 478 g/mol. The van der Waals surface area contributed by atoms with Gasteiger partial charge in [0, 0.05) is 11.5 Å². The molecule has 0 aliphatic rings. The molecule has 150 valence electrons. The maximum absolute atomic E-state index is 12.3. The van der Waals surface area contributed by atoms with E-state index in [1.807, 2.05) is 6.07 Å². The summed E-state index contributed by atoms with van der Waals surface area (Å²) in [4.78, 5) is 24.5. The van der Waals surface area contributed by atoms with E-state index < -0.39 is 0 Å². The van der Waals surface area contributed by atoms with Crippen LogP contribution >= 0.6 is 39.3 Å². The van der Waals surface area contributed by atoms with Crippen molar-refractivity contribution in [3.63, 3.8) is 0 Å². The summed E-state index contributed by atoms with van der Waals surface area (Å²) in [6.07, 6.45) is 0. The Bertz CT molecular complexity index is 1040. The molecule has 1 heterocycles. The van der Waals surface area contributed by atoms with Crippen molar-refractivity contribution in [2.45, 2.75) is 11.7 Å². The highest BCUT2D eigenvalue weighted by Crippen LogP contribution is 2.22. The Balaban J connectivity index is 1.54. The van der Waals surface area contributed by atoms with E-state index in [0.717, 1.165) is 4.47 Å². The fraction of sp³-hybridized carbons (Fsp3) is 0.158. The number of hydrogen-bond acceptors (Lipinski definition) is 5. The van der Waals surface area contributed by atoms with Gasteiger partial charge in [-0.15, -0.1) is 10.2 Å². The summed E-state index contributed by atoms with van der Waals surface area (Å²) in [5, 5.41) is 14.8. The van der Waals surface area contributed by atoms with Gasteiger partial charge in [0.05, 0.1) is 28.6 Å². The second-order valence-corrected chi connectivity index (χ2v) is 8.14. The van der Waals surface area contributed by atoms with E-state index in [9.17, 15) is 9.59 Å². The van der Waals surface area contributed by atoms with Crippen molar-refractivity contribution in [2.24, 2.45) is 7.05 Å². The number of halogens is 2.